The topological polar surface area (TPSA) is 0 Å². The van der Waals surface area contributed by atoms with E-state index in [2.05, 4.69) is 0 Å². The quantitative estimate of drug-likeness (QED) is 0.623. The summed E-state index contributed by atoms with van der Waals surface area (Å²) in [4.78, 5) is 0. The van der Waals surface area contributed by atoms with Crippen LogP contribution in [0.25, 0.3) is 0 Å². The van der Waals surface area contributed by atoms with Crippen LogP contribution >= 0.6 is 23.2 Å². The van der Waals surface area contributed by atoms with Crippen LogP contribution in [0.3, 0.4) is 0 Å². The maximum atomic E-state index is 5.76. The number of rotatable bonds is 0. The predicted molar refractivity (Wildman–Crippen MR) is 41.9 cm³/mol. The first kappa shape index (κ1) is 7.79. The molecule has 0 aliphatic rings. The van der Waals surface area contributed by atoms with Crippen molar-refractivity contribution in [1.82, 2.24) is 0 Å². The zero-order chi connectivity index (χ0) is 6.85. The summed E-state index contributed by atoms with van der Waals surface area (Å²) < 4.78 is 1.17. The van der Waals surface area contributed by atoms with Crippen molar-refractivity contribution in [2.24, 2.45) is 0 Å². The first-order chi connectivity index (χ1) is 4.20. The molecule has 0 fully saturated rings. The Balaban J connectivity index is 3.17. The predicted octanol–water partition coefficient (Wildman–Crippen LogP) is 1.79. The minimum absolute atomic E-state index is 0.704. The van der Waals surface area contributed by atoms with Gasteiger partial charge >= 0.3 is 79.4 Å². The van der Waals surface area contributed by atoms with Gasteiger partial charge in [-0.15, -0.1) is 0 Å². The molecule has 3 heteroatoms. The maximum absolute atomic E-state index is 5.76. The second-order valence-corrected chi connectivity index (χ2v) is 4.31. The fraction of sp³-hybridized carbons (Fsp3) is 0. The summed E-state index contributed by atoms with van der Waals surface area (Å²) in [5.41, 5.74) is 0. The second kappa shape index (κ2) is 3.19. The molecule has 0 amide bonds. The molecule has 0 unspecified atom stereocenters. The van der Waals surface area contributed by atoms with E-state index in [0.29, 0.717) is 5.02 Å². The summed E-state index contributed by atoms with van der Waals surface area (Å²) in [5.74, 6) is 0. The molecular formula is C6H3BiCl2. The molecule has 0 aromatic heterocycles. The van der Waals surface area contributed by atoms with Gasteiger partial charge < -0.3 is 0 Å². The molecule has 0 N–H and O–H groups in total. The van der Waals surface area contributed by atoms with Crippen molar-refractivity contribution in [3.05, 3.63) is 28.2 Å². The van der Waals surface area contributed by atoms with Crippen LogP contribution in [0.15, 0.2) is 18.2 Å². The Labute approximate surface area is 79.0 Å². The van der Waals surface area contributed by atoms with Crippen molar-refractivity contribution in [3.63, 3.8) is 0 Å². The van der Waals surface area contributed by atoms with Gasteiger partial charge in [0.25, 0.3) is 0 Å². The molecule has 0 bridgehead atoms. The Bertz CT molecular complexity index is 222. The van der Waals surface area contributed by atoms with E-state index in [-0.39, 0.29) is 0 Å². The van der Waals surface area contributed by atoms with Gasteiger partial charge in [-0.3, -0.25) is 0 Å². The van der Waals surface area contributed by atoms with Crippen LogP contribution < -0.4 is 3.27 Å². The molecule has 2 radical (unpaired) electrons. The van der Waals surface area contributed by atoms with Crippen molar-refractivity contribution in [1.29, 1.82) is 0 Å². The number of hydrogen-bond acceptors (Lipinski definition) is 0. The van der Waals surface area contributed by atoms with Crippen LogP contribution in [-0.4, -0.2) is 24.7 Å². The molecule has 46 valence electrons. The van der Waals surface area contributed by atoms with Crippen LogP contribution in [0.2, 0.25) is 10.0 Å². The normalized spacial score (nSPS) is 9.67. The number of halogens is 2. The van der Waals surface area contributed by atoms with Gasteiger partial charge in [0.15, 0.2) is 0 Å². The number of hydrogen-bond donors (Lipinski definition) is 0. The Kier molecular flexibility index (Phi) is 2.76. The fourth-order valence-corrected chi connectivity index (χ4v) is 1.43. The molecule has 0 aliphatic heterocycles. The summed E-state index contributed by atoms with van der Waals surface area (Å²) in [6.07, 6.45) is 0. The van der Waals surface area contributed by atoms with Crippen molar-refractivity contribution >= 4 is 51.2 Å². The van der Waals surface area contributed by atoms with E-state index < -0.39 is 0 Å². The second-order valence-electron chi connectivity index (χ2n) is 1.60. The molecule has 0 aliphatic carbocycles. The van der Waals surface area contributed by atoms with Crippen LogP contribution in [-0.2, 0) is 0 Å². The van der Waals surface area contributed by atoms with Crippen molar-refractivity contribution < 1.29 is 0 Å². The summed E-state index contributed by atoms with van der Waals surface area (Å²) in [6.45, 7) is 0. The monoisotopic (exact) mass is 354 g/mol. The van der Waals surface area contributed by atoms with Crippen LogP contribution in [0.5, 0.6) is 0 Å². The summed E-state index contributed by atoms with van der Waals surface area (Å²) >= 11 is 12.6. The minimum atomic E-state index is 0.704. The summed E-state index contributed by atoms with van der Waals surface area (Å²) in [7, 11) is 0. The zero-order valence-corrected chi connectivity index (χ0v) is 9.42. The van der Waals surface area contributed by atoms with Gasteiger partial charge in [-0.2, -0.15) is 0 Å². The van der Waals surface area contributed by atoms with Gasteiger partial charge in [0.1, 0.15) is 0 Å². The van der Waals surface area contributed by atoms with Crippen molar-refractivity contribution in [3.8, 4) is 0 Å². The molecule has 1 aromatic carbocycles. The summed E-state index contributed by atoms with van der Waals surface area (Å²) in [5, 5.41) is 1.48. The van der Waals surface area contributed by atoms with E-state index in [1.807, 2.05) is 12.1 Å². The van der Waals surface area contributed by atoms with Gasteiger partial charge in [0, 0.05) is 0 Å². The van der Waals surface area contributed by atoms with E-state index >= 15 is 0 Å². The molecule has 1 rings (SSSR count). The van der Waals surface area contributed by atoms with Gasteiger partial charge in [-0.05, 0) is 0 Å². The van der Waals surface area contributed by atoms with E-state index in [4.69, 9.17) is 23.2 Å². The molecular weight excluding hydrogens is 352 g/mol. The Morgan fingerprint density at radius 3 is 2.33 bits per heavy atom. The first-order valence-corrected chi connectivity index (χ1v) is 4.83. The average molecular weight is 355 g/mol. The number of benzene rings is 1. The van der Waals surface area contributed by atoms with E-state index in [0.717, 1.165) is 5.02 Å². The third-order valence-electron chi connectivity index (χ3n) is 0.910. The fourth-order valence-electron chi connectivity index (χ4n) is 0.481. The van der Waals surface area contributed by atoms with Crippen LogP contribution in [0, 0.1) is 0 Å². The standard InChI is InChI=1S/C6H3Cl2.Bi/c7-5-2-1-3-6(8)4-5;/h1-2,4H;. The van der Waals surface area contributed by atoms with E-state index in [1.165, 1.54) is 28.0 Å². The molecule has 1 aromatic rings. The molecule has 9 heavy (non-hydrogen) atoms. The molecule has 0 heterocycles. The molecule has 0 atom stereocenters. The van der Waals surface area contributed by atoms with E-state index in [9.17, 15) is 0 Å². The van der Waals surface area contributed by atoms with Crippen LogP contribution in [0.1, 0.15) is 0 Å². The van der Waals surface area contributed by atoms with Gasteiger partial charge in [0.05, 0.1) is 0 Å². The molecule has 0 spiro atoms. The van der Waals surface area contributed by atoms with Crippen LogP contribution in [0.4, 0.5) is 0 Å². The zero-order valence-electron chi connectivity index (χ0n) is 4.44. The van der Waals surface area contributed by atoms with Gasteiger partial charge in [-0.25, -0.2) is 0 Å². The third-order valence-corrected chi connectivity index (χ3v) is 3.51. The van der Waals surface area contributed by atoms with Crippen molar-refractivity contribution in [2.45, 2.75) is 0 Å². The Hall–Kier alpha value is 0.683. The summed E-state index contributed by atoms with van der Waals surface area (Å²) in [6, 6.07) is 5.56. The van der Waals surface area contributed by atoms with Gasteiger partial charge in [-0.1, -0.05) is 0 Å². The Morgan fingerprint density at radius 1 is 1.22 bits per heavy atom. The average Bonchev–Trinajstić information content (AvgIpc) is 1.80. The Morgan fingerprint density at radius 2 is 1.89 bits per heavy atom. The first-order valence-electron chi connectivity index (χ1n) is 2.34. The molecule has 0 saturated carbocycles. The molecule has 0 nitrogen and oxygen atoms in total. The van der Waals surface area contributed by atoms with Gasteiger partial charge in [0.2, 0.25) is 0 Å². The van der Waals surface area contributed by atoms with E-state index in [1.54, 1.807) is 6.07 Å². The molecule has 0 saturated heterocycles. The van der Waals surface area contributed by atoms with Crippen molar-refractivity contribution in [2.75, 3.05) is 0 Å². The third kappa shape index (κ3) is 2.07. The SMILES string of the molecule is Clc1cc[c]([Bi])c(Cl)c1.